The number of aromatic nitrogens is 2. The van der Waals surface area contributed by atoms with Crippen LogP contribution in [0.15, 0.2) is 36.4 Å². The van der Waals surface area contributed by atoms with Crippen LogP contribution >= 0.6 is 0 Å². The number of hydrogen-bond donors (Lipinski definition) is 0. The number of hydrogen-bond acceptors (Lipinski definition) is 2. The van der Waals surface area contributed by atoms with Crippen LogP contribution in [0.2, 0.25) is 0 Å². The van der Waals surface area contributed by atoms with E-state index >= 15 is 0 Å². The monoisotopic (exact) mass is 308 g/mol. The Labute approximate surface area is 138 Å². The first kappa shape index (κ1) is 15.7. The molecule has 3 nitrogen and oxygen atoms in total. The highest BCUT2D eigenvalue weighted by molar-refractivity contribution is 5.90. The summed E-state index contributed by atoms with van der Waals surface area (Å²) < 4.78 is 1.71. The molecule has 3 rings (SSSR count). The summed E-state index contributed by atoms with van der Waals surface area (Å²) in [6, 6.07) is 10.1. The molecule has 1 aromatic heterocycles. The molecule has 1 atom stereocenters. The van der Waals surface area contributed by atoms with Crippen molar-refractivity contribution in [1.29, 1.82) is 0 Å². The molecular formula is C20H24N2O. The molecule has 0 saturated carbocycles. The number of carbonyl (C=O) groups excluding carboxylic acids is 1. The highest BCUT2D eigenvalue weighted by atomic mass is 16.1. The van der Waals surface area contributed by atoms with Gasteiger partial charge in [0, 0.05) is 18.2 Å². The SMILES string of the molecule is CC(C)C1CC=C(c2c(-c3ccccc3)nn(C)c2C=O)CC1. The van der Waals surface area contributed by atoms with E-state index in [1.165, 1.54) is 12.0 Å². The molecule has 0 amide bonds. The van der Waals surface area contributed by atoms with Gasteiger partial charge in [-0.05, 0) is 36.7 Å². The highest BCUT2D eigenvalue weighted by Gasteiger charge is 2.24. The first-order valence-corrected chi connectivity index (χ1v) is 8.38. The summed E-state index contributed by atoms with van der Waals surface area (Å²) in [4.78, 5) is 11.6. The van der Waals surface area contributed by atoms with Gasteiger partial charge in [-0.15, -0.1) is 0 Å². The third kappa shape index (κ3) is 3.00. The summed E-state index contributed by atoms with van der Waals surface area (Å²) in [5, 5.41) is 4.63. The summed E-state index contributed by atoms with van der Waals surface area (Å²) >= 11 is 0. The minimum atomic E-state index is 0.679. The van der Waals surface area contributed by atoms with E-state index < -0.39 is 0 Å². The van der Waals surface area contributed by atoms with Crippen molar-refractivity contribution in [2.75, 3.05) is 0 Å². The van der Waals surface area contributed by atoms with Crippen LogP contribution in [0.5, 0.6) is 0 Å². The third-order valence-electron chi connectivity index (χ3n) is 4.97. The van der Waals surface area contributed by atoms with Crippen molar-refractivity contribution in [3.63, 3.8) is 0 Å². The fraction of sp³-hybridized carbons (Fsp3) is 0.400. The Morgan fingerprint density at radius 2 is 2.00 bits per heavy atom. The number of benzene rings is 1. The maximum atomic E-state index is 11.6. The quantitative estimate of drug-likeness (QED) is 0.765. The Hall–Kier alpha value is -2.16. The van der Waals surface area contributed by atoms with Crippen LogP contribution in [0, 0.1) is 11.8 Å². The van der Waals surface area contributed by atoms with Gasteiger partial charge in [0.2, 0.25) is 0 Å². The molecule has 0 bridgehead atoms. The predicted molar refractivity (Wildman–Crippen MR) is 94.2 cm³/mol. The fourth-order valence-corrected chi connectivity index (χ4v) is 3.47. The summed E-state index contributed by atoms with van der Waals surface area (Å²) in [7, 11) is 1.85. The summed E-state index contributed by atoms with van der Waals surface area (Å²) in [5.41, 5.74) is 4.97. The Balaban J connectivity index is 2.06. The van der Waals surface area contributed by atoms with Crippen LogP contribution in [0.4, 0.5) is 0 Å². The molecule has 0 radical (unpaired) electrons. The van der Waals surface area contributed by atoms with Gasteiger partial charge in [-0.1, -0.05) is 50.3 Å². The van der Waals surface area contributed by atoms with Crippen LogP contribution in [0.3, 0.4) is 0 Å². The summed E-state index contributed by atoms with van der Waals surface area (Å²) in [6.07, 6.45) is 6.56. The van der Waals surface area contributed by atoms with Crippen LogP contribution in [-0.4, -0.2) is 16.1 Å². The van der Waals surface area contributed by atoms with Crippen LogP contribution in [0.25, 0.3) is 16.8 Å². The molecule has 0 fully saturated rings. The number of allylic oxidation sites excluding steroid dienone is 2. The molecule has 1 aliphatic rings. The van der Waals surface area contributed by atoms with Crippen molar-refractivity contribution < 1.29 is 4.79 Å². The average Bonchev–Trinajstić information content (AvgIpc) is 2.92. The van der Waals surface area contributed by atoms with Gasteiger partial charge in [0.25, 0.3) is 0 Å². The van der Waals surface area contributed by atoms with E-state index in [-0.39, 0.29) is 0 Å². The van der Waals surface area contributed by atoms with Gasteiger partial charge < -0.3 is 0 Å². The number of aryl methyl sites for hydroxylation is 1. The van der Waals surface area contributed by atoms with E-state index in [1.54, 1.807) is 4.68 Å². The maximum Gasteiger partial charge on any atom is 0.168 e. The first-order valence-electron chi connectivity index (χ1n) is 8.38. The zero-order valence-corrected chi connectivity index (χ0v) is 14.1. The second kappa shape index (κ2) is 6.53. The number of nitrogens with zero attached hydrogens (tertiary/aromatic N) is 2. The minimum absolute atomic E-state index is 0.679. The Kier molecular flexibility index (Phi) is 4.46. The van der Waals surface area contributed by atoms with Crippen LogP contribution in [0.1, 0.15) is 49.2 Å². The molecule has 0 spiro atoms. The lowest BCUT2D eigenvalue weighted by atomic mass is 9.80. The second-order valence-electron chi connectivity index (χ2n) is 6.72. The number of rotatable bonds is 4. The summed E-state index contributed by atoms with van der Waals surface area (Å²) in [5.74, 6) is 1.45. The van der Waals surface area contributed by atoms with Gasteiger partial charge in [-0.2, -0.15) is 5.10 Å². The molecule has 1 heterocycles. The van der Waals surface area contributed by atoms with E-state index in [0.717, 1.165) is 41.9 Å². The van der Waals surface area contributed by atoms with E-state index in [2.05, 4.69) is 37.2 Å². The Bertz CT molecular complexity index is 726. The second-order valence-corrected chi connectivity index (χ2v) is 6.72. The van der Waals surface area contributed by atoms with Crippen molar-refractivity contribution in [1.82, 2.24) is 9.78 Å². The Morgan fingerprint density at radius 3 is 2.57 bits per heavy atom. The van der Waals surface area contributed by atoms with E-state index in [9.17, 15) is 4.79 Å². The van der Waals surface area contributed by atoms with Gasteiger partial charge in [0.1, 0.15) is 11.4 Å². The topological polar surface area (TPSA) is 34.9 Å². The number of aldehydes is 1. The highest BCUT2D eigenvalue weighted by Crippen LogP contribution is 2.38. The lowest BCUT2D eigenvalue weighted by Crippen LogP contribution is -2.12. The summed E-state index contributed by atoms with van der Waals surface area (Å²) in [6.45, 7) is 4.58. The lowest BCUT2D eigenvalue weighted by molar-refractivity contribution is 0.111. The molecule has 23 heavy (non-hydrogen) atoms. The average molecular weight is 308 g/mol. The Morgan fingerprint density at radius 1 is 1.26 bits per heavy atom. The molecule has 0 aliphatic heterocycles. The van der Waals surface area contributed by atoms with Gasteiger partial charge in [0.15, 0.2) is 6.29 Å². The standard InChI is InChI=1S/C20H24N2O/c1-14(2)15-9-11-16(12-10-15)19-18(13-23)22(3)21-20(19)17-7-5-4-6-8-17/h4-8,11,13-15H,9-10,12H2,1-3H3. The minimum Gasteiger partial charge on any atom is -0.296 e. The maximum absolute atomic E-state index is 11.6. The van der Waals surface area contributed by atoms with Crippen LogP contribution < -0.4 is 0 Å². The molecule has 1 aliphatic carbocycles. The van der Waals surface area contributed by atoms with Crippen molar-refractivity contribution in [3.8, 4) is 11.3 Å². The van der Waals surface area contributed by atoms with Gasteiger partial charge in [0.05, 0.1) is 0 Å². The smallest absolute Gasteiger partial charge is 0.168 e. The largest absolute Gasteiger partial charge is 0.296 e. The molecule has 120 valence electrons. The molecule has 3 heteroatoms. The molecule has 1 unspecified atom stereocenters. The third-order valence-corrected chi connectivity index (χ3v) is 4.97. The normalized spacial score (nSPS) is 18.1. The van der Waals surface area contributed by atoms with Crippen molar-refractivity contribution >= 4 is 11.9 Å². The lowest BCUT2D eigenvalue weighted by Gasteiger charge is -2.25. The molecule has 0 N–H and O–H groups in total. The zero-order chi connectivity index (χ0) is 16.4. The van der Waals surface area contributed by atoms with E-state index in [4.69, 9.17) is 0 Å². The molecular weight excluding hydrogens is 284 g/mol. The first-order chi connectivity index (χ1) is 11.1. The zero-order valence-electron chi connectivity index (χ0n) is 14.1. The predicted octanol–water partition coefficient (Wildman–Crippen LogP) is 4.74. The van der Waals surface area contributed by atoms with E-state index in [1.807, 2.05) is 25.2 Å². The van der Waals surface area contributed by atoms with E-state index in [0.29, 0.717) is 11.6 Å². The fourth-order valence-electron chi connectivity index (χ4n) is 3.47. The van der Waals surface area contributed by atoms with Crippen LogP contribution in [-0.2, 0) is 7.05 Å². The number of carbonyl (C=O) groups is 1. The molecule has 0 saturated heterocycles. The van der Waals surface area contributed by atoms with Gasteiger partial charge in [-0.25, -0.2) is 0 Å². The molecule has 1 aromatic carbocycles. The van der Waals surface area contributed by atoms with Gasteiger partial charge >= 0.3 is 0 Å². The van der Waals surface area contributed by atoms with Gasteiger partial charge in [-0.3, -0.25) is 9.48 Å². The van der Waals surface area contributed by atoms with Crippen molar-refractivity contribution in [2.45, 2.75) is 33.1 Å². The van der Waals surface area contributed by atoms with Crippen molar-refractivity contribution in [2.24, 2.45) is 18.9 Å². The van der Waals surface area contributed by atoms with Crippen molar-refractivity contribution in [3.05, 3.63) is 47.7 Å². The molecule has 2 aromatic rings.